The maximum Gasteiger partial charge on any atom is 0.247 e. The van der Waals surface area contributed by atoms with E-state index in [1.165, 1.54) is 18.6 Å². The maximum atomic E-state index is 12.5. The van der Waals surface area contributed by atoms with Crippen LogP contribution < -0.4 is 25.6 Å². The molecule has 11 nitrogen and oxygen atoms in total. The third-order valence-electron chi connectivity index (χ3n) is 8.60. The number of benzene rings is 2. The van der Waals surface area contributed by atoms with Crippen molar-refractivity contribution in [3.63, 3.8) is 0 Å². The second-order valence-electron chi connectivity index (χ2n) is 11.1. The Balaban J connectivity index is 1.37. The zero-order valence-corrected chi connectivity index (χ0v) is 25.7. The van der Waals surface area contributed by atoms with Gasteiger partial charge in [-0.3, -0.25) is 4.79 Å². The summed E-state index contributed by atoms with van der Waals surface area (Å²) >= 11 is 0. The van der Waals surface area contributed by atoms with E-state index in [9.17, 15) is 4.79 Å². The summed E-state index contributed by atoms with van der Waals surface area (Å²) in [6.07, 6.45) is 8.74. The highest BCUT2D eigenvalue weighted by Crippen LogP contribution is 2.40. The molecule has 0 spiro atoms. The minimum absolute atomic E-state index is 0.281. The number of nitrogens with one attached hydrogen (secondary N) is 4. The summed E-state index contributed by atoms with van der Waals surface area (Å²) in [5.74, 6) is 0.923. The van der Waals surface area contributed by atoms with E-state index in [1.807, 2.05) is 43.4 Å². The molecule has 1 amide bonds. The topological polar surface area (TPSA) is 128 Å². The molecule has 2 aromatic carbocycles. The lowest BCUT2D eigenvalue weighted by Gasteiger charge is -2.42. The van der Waals surface area contributed by atoms with Crippen LogP contribution in [0.25, 0.3) is 11.3 Å². The highest BCUT2D eigenvalue weighted by molar-refractivity contribution is 6.02. The Bertz CT molecular complexity index is 1480. The van der Waals surface area contributed by atoms with E-state index in [0.29, 0.717) is 35.1 Å². The highest BCUT2D eigenvalue weighted by atomic mass is 16.5. The highest BCUT2D eigenvalue weighted by Gasteiger charge is 2.29. The third kappa shape index (κ3) is 7.00. The number of methoxy groups -OCH3 is 2. The van der Waals surface area contributed by atoms with Gasteiger partial charge in [0.1, 0.15) is 17.9 Å². The quantitative estimate of drug-likeness (QED) is 0.175. The molecular weight excluding hydrogens is 556 g/mol. The molecule has 0 saturated carbocycles. The molecule has 3 aromatic rings. The normalized spacial score (nSPS) is 16.3. The number of likely N-dealkylation sites (tertiary alicyclic amines) is 1. The third-order valence-corrected chi connectivity index (χ3v) is 8.60. The number of piperidine rings is 2. The van der Waals surface area contributed by atoms with Gasteiger partial charge in [-0.05, 0) is 43.9 Å². The van der Waals surface area contributed by atoms with Crippen molar-refractivity contribution in [2.24, 2.45) is 0 Å². The van der Waals surface area contributed by atoms with E-state index in [2.05, 4.69) is 42.3 Å². The zero-order valence-electron chi connectivity index (χ0n) is 25.7. The van der Waals surface area contributed by atoms with Gasteiger partial charge in [-0.2, -0.15) is 0 Å². The van der Waals surface area contributed by atoms with Crippen LogP contribution in [0.5, 0.6) is 5.75 Å². The molecular formula is C33H42N8O3. The number of nitrogens with zero attached hydrogens (tertiary/aromatic N) is 4. The molecule has 3 heterocycles. The molecule has 0 unspecified atom stereocenters. The molecule has 4 N–H and O–H groups in total. The fourth-order valence-electron chi connectivity index (χ4n) is 6.11. The van der Waals surface area contributed by atoms with Crippen molar-refractivity contribution in [1.29, 1.82) is 5.41 Å². The van der Waals surface area contributed by atoms with Gasteiger partial charge in [-0.25, -0.2) is 9.97 Å². The molecule has 2 fully saturated rings. The van der Waals surface area contributed by atoms with Crippen LogP contribution in [0.3, 0.4) is 0 Å². The monoisotopic (exact) mass is 598 g/mol. The summed E-state index contributed by atoms with van der Waals surface area (Å²) in [5.41, 5.74) is 5.48. The van der Waals surface area contributed by atoms with Gasteiger partial charge in [0.25, 0.3) is 0 Å². The number of hydrogen-bond acceptors (Lipinski definition) is 10. The largest absolute Gasteiger partial charge is 0.494 e. The standard InChI is InChI=1S/C33H42N8O3/c1-5-33(42)39-28-17-29(38-32-18-27(36-21-37-32)22-6-7-23(20-34)26(16-22)35-2)31(44-4)19-30(28)41-12-8-24(9-13-41)40-14-10-25(43-3)11-15-40/h5-7,16-21,24-25,34-35H,1,8-15H2,2-4H3,(H,39,42)(H,36,37,38). The predicted molar refractivity (Wildman–Crippen MR) is 177 cm³/mol. The van der Waals surface area contributed by atoms with E-state index in [4.69, 9.17) is 14.9 Å². The first-order chi connectivity index (χ1) is 21.5. The Morgan fingerprint density at radius 2 is 1.77 bits per heavy atom. The molecule has 232 valence electrons. The summed E-state index contributed by atoms with van der Waals surface area (Å²) in [6.45, 7) is 7.55. The molecule has 0 atom stereocenters. The zero-order chi connectivity index (χ0) is 31.1. The van der Waals surface area contributed by atoms with Gasteiger partial charge in [0.15, 0.2) is 0 Å². The molecule has 0 radical (unpaired) electrons. The lowest BCUT2D eigenvalue weighted by Crippen LogP contribution is -2.48. The number of anilines is 5. The molecule has 5 rings (SSSR count). The SMILES string of the molecule is C=CC(=O)Nc1cc(Nc2cc(-c3ccc(C=N)c(NC)c3)ncn2)c(OC)cc1N1CCC(N2CCC(OC)CC2)CC1. The van der Waals surface area contributed by atoms with Gasteiger partial charge in [0.05, 0.1) is 36.0 Å². The maximum absolute atomic E-state index is 12.5. The van der Waals surface area contributed by atoms with Gasteiger partial charge in [-0.1, -0.05) is 18.7 Å². The van der Waals surface area contributed by atoms with Crippen LogP contribution >= 0.6 is 0 Å². The number of carbonyl (C=O) groups excluding carboxylic acids is 1. The van der Waals surface area contributed by atoms with Gasteiger partial charge >= 0.3 is 0 Å². The molecule has 0 aliphatic carbocycles. The van der Waals surface area contributed by atoms with Gasteiger partial charge in [0.2, 0.25) is 5.91 Å². The van der Waals surface area contributed by atoms with Crippen LogP contribution in [0.4, 0.5) is 28.6 Å². The molecule has 0 bridgehead atoms. The first-order valence-electron chi connectivity index (χ1n) is 15.0. The summed E-state index contributed by atoms with van der Waals surface area (Å²) < 4.78 is 11.4. The van der Waals surface area contributed by atoms with Crippen molar-refractivity contribution in [2.75, 3.05) is 68.3 Å². The Hall–Kier alpha value is -4.48. The number of aromatic nitrogens is 2. The number of amides is 1. The summed E-state index contributed by atoms with van der Waals surface area (Å²) in [4.78, 5) is 26.3. The average Bonchev–Trinajstić information content (AvgIpc) is 3.08. The van der Waals surface area contributed by atoms with Gasteiger partial charge in [-0.15, -0.1) is 0 Å². The molecule has 2 saturated heterocycles. The lowest BCUT2D eigenvalue weighted by molar-refractivity contribution is -0.111. The van der Waals surface area contributed by atoms with Crippen molar-refractivity contribution in [2.45, 2.75) is 37.8 Å². The summed E-state index contributed by atoms with van der Waals surface area (Å²) in [6, 6.07) is 12.0. The minimum atomic E-state index is -0.281. The first-order valence-corrected chi connectivity index (χ1v) is 15.0. The van der Waals surface area contributed by atoms with E-state index in [0.717, 1.165) is 80.1 Å². The second-order valence-corrected chi connectivity index (χ2v) is 11.1. The van der Waals surface area contributed by atoms with Crippen LogP contribution in [-0.2, 0) is 9.53 Å². The fourth-order valence-corrected chi connectivity index (χ4v) is 6.11. The van der Waals surface area contributed by atoms with E-state index in [-0.39, 0.29) is 5.91 Å². The fraction of sp³-hybridized carbons (Fsp3) is 0.394. The van der Waals surface area contributed by atoms with Crippen molar-refractivity contribution in [3.8, 4) is 17.0 Å². The summed E-state index contributed by atoms with van der Waals surface area (Å²) in [5, 5.41) is 17.1. The van der Waals surface area contributed by atoms with Crippen molar-refractivity contribution >= 4 is 40.7 Å². The Labute approximate surface area is 259 Å². The van der Waals surface area contributed by atoms with Crippen LogP contribution in [0.1, 0.15) is 31.2 Å². The molecule has 2 aliphatic heterocycles. The first kappa shape index (κ1) is 31.0. The van der Waals surface area contributed by atoms with Gasteiger partial charge in [0, 0.05) is 81.5 Å². The number of ether oxygens (including phenoxy) is 2. The van der Waals surface area contributed by atoms with E-state index >= 15 is 0 Å². The second kappa shape index (κ2) is 14.3. The molecule has 1 aromatic heterocycles. The van der Waals surface area contributed by atoms with Gasteiger partial charge < -0.3 is 40.6 Å². The Morgan fingerprint density at radius 3 is 2.43 bits per heavy atom. The van der Waals surface area contributed by atoms with Crippen molar-refractivity contribution in [3.05, 3.63) is 60.9 Å². The van der Waals surface area contributed by atoms with Crippen LogP contribution in [0.15, 0.2) is 55.4 Å². The molecule has 44 heavy (non-hydrogen) atoms. The van der Waals surface area contributed by atoms with Crippen molar-refractivity contribution in [1.82, 2.24) is 14.9 Å². The van der Waals surface area contributed by atoms with Crippen LogP contribution in [-0.4, -0.2) is 86.6 Å². The van der Waals surface area contributed by atoms with Crippen molar-refractivity contribution < 1.29 is 14.3 Å². The minimum Gasteiger partial charge on any atom is -0.494 e. The summed E-state index contributed by atoms with van der Waals surface area (Å²) in [7, 11) is 5.27. The van der Waals surface area contributed by atoms with Crippen LogP contribution in [0, 0.1) is 5.41 Å². The lowest BCUT2D eigenvalue weighted by atomic mass is 9.98. The number of carbonyl (C=O) groups is 1. The predicted octanol–water partition coefficient (Wildman–Crippen LogP) is 5.14. The average molecular weight is 599 g/mol. The van der Waals surface area contributed by atoms with Crippen LogP contribution in [0.2, 0.25) is 0 Å². The Kier molecular flexibility index (Phi) is 10.1. The Morgan fingerprint density at radius 1 is 1.00 bits per heavy atom. The number of rotatable bonds is 11. The molecule has 11 heteroatoms. The molecule has 2 aliphatic rings. The van der Waals surface area contributed by atoms with E-state index < -0.39 is 0 Å². The smallest absolute Gasteiger partial charge is 0.247 e. The van der Waals surface area contributed by atoms with E-state index in [1.54, 1.807) is 14.2 Å². The number of hydrogen-bond donors (Lipinski definition) is 4.